The van der Waals surface area contributed by atoms with Gasteiger partial charge in [0.05, 0.1) is 0 Å². The number of halogens is 2. The number of rotatable bonds is 14. The zero-order valence-corrected chi connectivity index (χ0v) is 41.9. The monoisotopic (exact) mass is 972 g/mol. The summed E-state index contributed by atoms with van der Waals surface area (Å²) in [5, 5.41) is 7.27. The van der Waals surface area contributed by atoms with E-state index < -0.39 is 48.9 Å². The van der Waals surface area contributed by atoms with E-state index in [1.807, 2.05) is 65.8 Å². The SMILES string of the molecule is CC(O[Si](c1ccccc1)(c1ccccc1)C(C)(C)C)[C@@H](CP(Br)(Cc1ccc(Br)cc1)(c1ccccc1)c1ccccc1)NC(=O)C(NC(=O)OC(C)(C)C)C(C)(C)C. The van der Waals surface area contributed by atoms with E-state index in [1.165, 1.54) is 0 Å². The van der Waals surface area contributed by atoms with Crippen molar-refractivity contribution in [1.29, 1.82) is 0 Å². The van der Waals surface area contributed by atoms with E-state index in [9.17, 15) is 4.79 Å². The third-order valence-corrected chi connectivity index (χ3v) is 26.0. The van der Waals surface area contributed by atoms with Gasteiger partial charge in [0, 0.05) is 0 Å². The van der Waals surface area contributed by atoms with Gasteiger partial charge in [0.1, 0.15) is 0 Å². The van der Waals surface area contributed by atoms with E-state index in [2.05, 4.69) is 176 Å². The van der Waals surface area contributed by atoms with Crippen LogP contribution >= 0.6 is 36.7 Å². The van der Waals surface area contributed by atoms with E-state index in [0.29, 0.717) is 12.3 Å². The summed E-state index contributed by atoms with van der Waals surface area (Å²) in [5.41, 5.74) is -0.246. The Kier molecular flexibility index (Phi) is 14.9. The number of amides is 2. The summed E-state index contributed by atoms with van der Waals surface area (Å²) in [6, 6.07) is 49.6. The number of carbonyl (C=O) groups is 2. The van der Waals surface area contributed by atoms with Crippen molar-refractivity contribution in [1.82, 2.24) is 10.6 Å². The summed E-state index contributed by atoms with van der Waals surface area (Å²) < 4.78 is 14.6. The number of benzene rings is 5. The van der Waals surface area contributed by atoms with Gasteiger partial charge in [0.15, 0.2) is 0 Å². The van der Waals surface area contributed by atoms with Crippen LogP contribution in [0.25, 0.3) is 0 Å². The van der Waals surface area contributed by atoms with Crippen molar-refractivity contribution >= 4 is 78.0 Å². The molecular formula is C50H63Br2N2O4PSi. The minimum absolute atomic E-state index is 0.307. The topological polar surface area (TPSA) is 76.7 Å². The van der Waals surface area contributed by atoms with Crippen molar-refractivity contribution < 1.29 is 18.8 Å². The Morgan fingerprint density at radius 3 is 1.48 bits per heavy atom. The Morgan fingerprint density at radius 1 is 0.650 bits per heavy atom. The molecule has 0 aliphatic carbocycles. The van der Waals surface area contributed by atoms with Crippen molar-refractivity contribution in [3.63, 3.8) is 0 Å². The molecule has 2 unspecified atom stereocenters. The Bertz CT molecular complexity index is 2090. The molecule has 5 aromatic rings. The van der Waals surface area contributed by atoms with Gasteiger partial charge >= 0.3 is 379 Å². The summed E-state index contributed by atoms with van der Waals surface area (Å²) in [4.78, 5) is 28.5. The normalized spacial score (nSPS) is 14.8. The molecule has 0 aliphatic rings. The third-order valence-electron chi connectivity index (χ3n) is 11.2. The molecule has 2 N–H and O–H groups in total. The molecule has 5 rings (SSSR count). The fraction of sp³-hybridized carbons (Fsp3) is 0.360. The molecule has 0 radical (unpaired) electrons. The van der Waals surface area contributed by atoms with Crippen LogP contribution in [0, 0.1) is 5.41 Å². The van der Waals surface area contributed by atoms with Crippen LogP contribution < -0.4 is 31.6 Å². The molecule has 6 nitrogen and oxygen atoms in total. The summed E-state index contributed by atoms with van der Waals surface area (Å²) in [7, 11) is -3.13. The van der Waals surface area contributed by atoms with Gasteiger partial charge in [-0.2, -0.15) is 0 Å². The first-order valence-electron chi connectivity index (χ1n) is 20.7. The van der Waals surface area contributed by atoms with Gasteiger partial charge in [-0.25, -0.2) is 0 Å². The number of alkyl carbamates (subject to hydrolysis) is 1. The number of nitrogens with one attached hydrogen (secondary N) is 2. The zero-order valence-electron chi connectivity index (χ0n) is 36.8. The van der Waals surface area contributed by atoms with E-state index in [4.69, 9.17) is 24.7 Å². The van der Waals surface area contributed by atoms with Crippen LogP contribution in [0.3, 0.4) is 0 Å². The van der Waals surface area contributed by atoms with Gasteiger partial charge in [0.2, 0.25) is 0 Å². The number of ether oxygens (including phenoxy) is 1. The van der Waals surface area contributed by atoms with Crippen molar-refractivity contribution in [2.75, 3.05) is 6.16 Å². The zero-order chi connectivity index (χ0) is 44.0. The first-order chi connectivity index (χ1) is 28.1. The average molecular weight is 975 g/mol. The van der Waals surface area contributed by atoms with Gasteiger partial charge in [0.25, 0.3) is 0 Å². The van der Waals surface area contributed by atoms with Gasteiger partial charge < -0.3 is 0 Å². The van der Waals surface area contributed by atoms with E-state index >= 15 is 4.79 Å². The second-order valence-electron chi connectivity index (χ2n) is 19.1. The van der Waals surface area contributed by atoms with Crippen LogP contribution in [0.4, 0.5) is 4.79 Å². The predicted molar refractivity (Wildman–Crippen MR) is 263 cm³/mol. The molecule has 0 aliphatic heterocycles. The van der Waals surface area contributed by atoms with Crippen molar-refractivity contribution in [3.8, 4) is 0 Å². The molecule has 0 heterocycles. The molecule has 0 fully saturated rings. The molecule has 0 saturated heterocycles. The summed E-state index contributed by atoms with van der Waals surface area (Å²) >= 11 is 8.38. The molecule has 0 saturated carbocycles. The summed E-state index contributed by atoms with van der Waals surface area (Å²) in [5.74, 6) is -0.307. The molecule has 0 spiro atoms. The molecule has 10 heteroatoms. The fourth-order valence-electron chi connectivity index (χ4n) is 8.26. The van der Waals surface area contributed by atoms with Gasteiger partial charge in [-0.3, -0.25) is 0 Å². The molecule has 3 atom stereocenters. The predicted octanol–water partition coefficient (Wildman–Crippen LogP) is 10.9. The van der Waals surface area contributed by atoms with E-state index in [-0.39, 0.29) is 10.9 Å². The average Bonchev–Trinajstić information content (AvgIpc) is 3.19. The fourth-order valence-corrected chi connectivity index (χ4v) is 21.6. The molecule has 320 valence electrons. The minimum atomic E-state index is -3.55. The molecular weight excluding hydrogens is 911 g/mol. The van der Waals surface area contributed by atoms with Crippen LogP contribution in [0.15, 0.2) is 150 Å². The molecule has 0 bridgehead atoms. The van der Waals surface area contributed by atoms with Crippen molar-refractivity contribution in [2.24, 2.45) is 5.41 Å². The van der Waals surface area contributed by atoms with Crippen LogP contribution in [0.5, 0.6) is 0 Å². The maximum atomic E-state index is 15.1. The standard InChI is InChI=1S/C50H63Br2N2O4PSi/c1-37(58-60(50(8,9)10,42-27-19-13-20-28-42)43-29-21-14-22-30-43)44(53-46(55)45(48(2,3)4)54-47(56)57-49(5,6)7)36-59(52,40-23-15-11-16-24-40,41-25-17-12-18-26-41)35-38-31-33-39(51)34-32-38/h11-34,37,44-45H,35-36H2,1-10H3,(H,53,55)(H,54,56)/t37?,44-,45?/m1/s1. The number of hydrogen-bond acceptors (Lipinski definition) is 4. The van der Waals surface area contributed by atoms with Gasteiger partial charge in [-0.15, -0.1) is 0 Å². The van der Waals surface area contributed by atoms with E-state index in [1.54, 1.807) is 0 Å². The molecule has 60 heavy (non-hydrogen) atoms. The number of carbonyl (C=O) groups excluding carboxylic acids is 2. The van der Waals surface area contributed by atoms with Crippen LogP contribution in [0.1, 0.15) is 74.8 Å². The van der Waals surface area contributed by atoms with Gasteiger partial charge in [-0.05, 0) is 0 Å². The summed E-state index contributed by atoms with van der Waals surface area (Å²) in [6.07, 6.45) is 0.0159. The first kappa shape index (κ1) is 47.5. The molecule has 5 aromatic carbocycles. The summed E-state index contributed by atoms with van der Waals surface area (Å²) in [6.45, 7) is 20.2. The third kappa shape index (κ3) is 10.9. The van der Waals surface area contributed by atoms with E-state index in [0.717, 1.165) is 31.0 Å². The Morgan fingerprint density at radius 2 is 1.08 bits per heavy atom. The second-order valence-corrected chi connectivity index (χ2v) is 33.8. The number of hydrogen-bond donors (Lipinski definition) is 2. The second kappa shape index (κ2) is 18.8. The Labute approximate surface area is 376 Å². The quantitative estimate of drug-likeness (QED) is 0.0859. The molecule has 0 aromatic heterocycles. The molecule has 2 amide bonds. The Balaban J connectivity index is 1.77. The van der Waals surface area contributed by atoms with Crippen LogP contribution in [0.2, 0.25) is 5.04 Å². The maximum absolute atomic E-state index is 15.1. The first-order valence-corrected chi connectivity index (χ1v) is 28.1. The van der Waals surface area contributed by atoms with Crippen LogP contribution in [-0.2, 0) is 20.1 Å². The van der Waals surface area contributed by atoms with Crippen molar-refractivity contribution in [3.05, 3.63) is 156 Å². The van der Waals surface area contributed by atoms with Crippen molar-refractivity contribution in [2.45, 2.75) is 104 Å². The Hall–Kier alpha value is -3.59. The van der Waals surface area contributed by atoms with Gasteiger partial charge in [-0.1, -0.05) is 0 Å². The van der Waals surface area contributed by atoms with Crippen LogP contribution in [-0.4, -0.2) is 50.3 Å².